The van der Waals surface area contributed by atoms with E-state index in [1.165, 1.54) is 0 Å². The first-order chi connectivity index (χ1) is 14.8. The van der Waals surface area contributed by atoms with E-state index in [2.05, 4.69) is 10.4 Å². The molecular weight excluding hydrogens is 382 g/mol. The van der Waals surface area contributed by atoms with Crippen molar-refractivity contribution >= 4 is 5.91 Å². The SMILES string of the molecule is O=C(NCc1ccc2c(c1)OCCO2)c1cc(-c2ccco2)nn1-c1ccccc1. The number of ether oxygens (including phenoxy) is 2. The molecular formula is C23H19N3O4. The summed E-state index contributed by atoms with van der Waals surface area (Å²) in [6.45, 7) is 1.42. The summed E-state index contributed by atoms with van der Waals surface area (Å²) < 4.78 is 18.2. The minimum Gasteiger partial charge on any atom is -0.486 e. The Balaban J connectivity index is 1.40. The van der Waals surface area contributed by atoms with Crippen molar-refractivity contribution in [3.8, 4) is 28.6 Å². The molecule has 0 radical (unpaired) electrons. The smallest absolute Gasteiger partial charge is 0.270 e. The Morgan fingerprint density at radius 2 is 1.80 bits per heavy atom. The van der Waals surface area contributed by atoms with Crippen LogP contribution in [0.25, 0.3) is 17.1 Å². The average Bonchev–Trinajstić information content (AvgIpc) is 3.48. The predicted octanol–water partition coefficient (Wildman–Crippen LogP) is 3.83. The molecule has 0 spiro atoms. The van der Waals surface area contributed by atoms with Gasteiger partial charge < -0.3 is 19.2 Å². The lowest BCUT2D eigenvalue weighted by atomic mass is 10.2. The third kappa shape index (κ3) is 3.53. The Hall–Kier alpha value is -4.00. The molecule has 1 amide bonds. The van der Waals surface area contributed by atoms with Gasteiger partial charge >= 0.3 is 0 Å². The van der Waals surface area contributed by atoms with Gasteiger partial charge in [0.05, 0.1) is 12.0 Å². The summed E-state index contributed by atoms with van der Waals surface area (Å²) in [5.74, 6) is 1.79. The molecule has 150 valence electrons. The van der Waals surface area contributed by atoms with Crippen molar-refractivity contribution in [1.82, 2.24) is 15.1 Å². The quantitative estimate of drug-likeness (QED) is 0.550. The van der Waals surface area contributed by atoms with E-state index in [4.69, 9.17) is 13.9 Å². The number of carbonyl (C=O) groups is 1. The van der Waals surface area contributed by atoms with E-state index in [9.17, 15) is 4.79 Å². The van der Waals surface area contributed by atoms with Gasteiger partial charge in [0.15, 0.2) is 17.3 Å². The highest BCUT2D eigenvalue weighted by atomic mass is 16.6. The summed E-state index contributed by atoms with van der Waals surface area (Å²) in [7, 11) is 0. The van der Waals surface area contributed by atoms with Gasteiger partial charge in [-0.3, -0.25) is 4.79 Å². The summed E-state index contributed by atoms with van der Waals surface area (Å²) in [4.78, 5) is 13.0. The van der Waals surface area contributed by atoms with Crippen molar-refractivity contribution in [2.45, 2.75) is 6.54 Å². The van der Waals surface area contributed by atoms with E-state index in [-0.39, 0.29) is 5.91 Å². The molecule has 0 saturated heterocycles. The molecule has 0 fully saturated rings. The van der Waals surface area contributed by atoms with E-state index in [0.717, 1.165) is 17.0 Å². The molecule has 4 aromatic rings. The van der Waals surface area contributed by atoms with Crippen molar-refractivity contribution in [3.05, 3.63) is 84.3 Å². The number of benzene rings is 2. The monoisotopic (exact) mass is 401 g/mol. The van der Waals surface area contributed by atoms with Crippen LogP contribution in [-0.2, 0) is 6.54 Å². The summed E-state index contributed by atoms with van der Waals surface area (Å²) >= 11 is 0. The summed E-state index contributed by atoms with van der Waals surface area (Å²) in [6.07, 6.45) is 1.58. The standard InChI is InChI=1S/C23H19N3O4/c27-23(24-15-16-8-9-21-22(13-16)30-12-11-29-21)19-14-18(20-7-4-10-28-20)25-26(19)17-5-2-1-3-6-17/h1-10,13-14H,11-12,15H2,(H,24,27). The van der Waals surface area contributed by atoms with Crippen molar-refractivity contribution in [2.75, 3.05) is 13.2 Å². The van der Waals surface area contributed by atoms with E-state index >= 15 is 0 Å². The molecule has 1 N–H and O–H groups in total. The Morgan fingerprint density at radius 1 is 0.967 bits per heavy atom. The number of nitrogens with zero attached hydrogens (tertiary/aromatic N) is 2. The van der Waals surface area contributed by atoms with Gasteiger partial charge in [-0.2, -0.15) is 5.10 Å². The molecule has 0 saturated carbocycles. The van der Waals surface area contributed by atoms with E-state index in [1.54, 1.807) is 23.1 Å². The van der Waals surface area contributed by atoms with Gasteiger partial charge in [-0.25, -0.2) is 4.68 Å². The maximum atomic E-state index is 13.0. The molecule has 5 rings (SSSR count). The molecule has 7 nitrogen and oxygen atoms in total. The molecule has 7 heteroatoms. The van der Waals surface area contributed by atoms with Crippen LogP contribution in [-0.4, -0.2) is 28.9 Å². The summed E-state index contributed by atoms with van der Waals surface area (Å²) in [5, 5.41) is 7.55. The zero-order valence-electron chi connectivity index (χ0n) is 16.1. The second-order valence-corrected chi connectivity index (χ2v) is 6.80. The van der Waals surface area contributed by atoms with Crippen LogP contribution in [0.1, 0.15) is 16.1 Å². The van der Waals surface area contributed by atoms with Crippen LogP contribution >= 0.6 is 0 Å². The molecule has 1 aliphatic rings. The molecule has 0 unspecified atom stereocenters. The highest BCUT2D eigenvalue weighted by Gasteiger charge is 2.19. The fourth-order valence-electron chi connectivity index (χ4n) is 3.32. The Morgan fingerprint density at radius 3 is 2.60 bits per heavy atom. The Labute approximate surface area is 172 Å². The van der Waals surface area contributed by atoms with Crippen LogP contribution in [0.4, 0.5) is 0 Å². The van der Waals surface area contributed by atoms with Gasteiger partial charge in [-0.05, 0) is 42.0 Å². The van der Waals surface area contributed by atoms with Crippen LogP contribution in [0, 0.1) is 0 Å². The van der Waals surface area contributed by atoms with Gasteiger partial charge in [-0.15, -0.1) is 0 Å². The summed E-state index contributed by atoms with van der Waals surface area (Å²) in [5.41, 5.74) is 2.72. The highest BCUT2D eigenvalue weighted by molar-refractivity contribution is 5.94. The third-order valence-corrected chi connectivity index (χ3v) is 4.78. The average molecular weight is 401 g/mol. The lowest BCUT2D eigenvalue weighted by Gasteiger charge is -2.19. The normalized spacial score (nSPS) is 12.5. The molecule has 0 bridgehead atoms. The van der Waals surface area contributed by atoms with Gasteiger partial charge in [0.25, 0.3) is 5.91 Å². The van der Waals surface area contributed by atoms with Crippen molar-refractivity contribution in [1.29, 1.82) is 0 Å². The number of hydrogen-bond acceptors (Lipinski definition) is 5. The largest absolute Gasteiger partial charge is 0.486 e. The number of para-hydroxylation sites is 1. The maximum absolute atomic E-state index is 13.0. The number of hydrogen-bond donors (Lipinski definition) is 1. The molecule has 1 aliphatic heterocycles. The van der Waals surface area contributed by atoms with Gasteiger partial charge in [-0.1, -0.05) is 24.3 Å². The van der Waals surface area contributed by atoms with Gasteiger partial charge in [0.2, 0.25) is 0 Å². The molecule has 2 aromatic heterocycles. The summed E-state index contributed by atoms with van der Waals surface area (Å²) in [6, 6.07) is 20.5. The van der Waals surface area contributed by atoms with Crippen molar-refractivity contribution in [2.24, 2.45) is 0 Å². The first kappa shape index (κ1) is 18.1. The Bertz CT molecular complexity index is 1170. The van der Waals surface area contributed by atoms with E-state index in [1.807, 2.05) is 54.6 Å². The number of nitrogens with one attached hydrogen (secondary N) is 1. The molecule has 2 aromatic carbocycles. The third-order valence-electron chi connectivity index (χ3n) is 4.78. The zero-order valence-corrected chi connectivity index (χ0v) is 16.1. The van der Waals surface area contributed by atoms with E-state index in [0.29, 0.717) is 42.7 Å². The lowest BCUT2D eigenvalue weighted by molar-refractivity contribution is 0.0943. The second kappa shape index (κ2) is 7.79. The predicted molar refractivity (Wildman–Crippen MR) is 110 cm³/mol. The van der Waals surface area contributed by atoms with Crippen LogP contribution < -0.4 is 14.8 Å². The second-order valence-electron chi connectivity index (χ2n) is 6.80. The number of amides is 1. The number of fused-ring (bicyclic) bond motifs is 1. The molecule has 3 heterocycles. The van der Waals surface area contributed by atoms with Crippen LogP contribution in [0.15, 0.2) is 77.4 Å². The minimum absolute atomic E-state index is 0.237. The van der Waals surface area contributed by atoms with Crippen molar-refractivity contribution in [3.63, 3.8) is 0 Å². The highest BCUT2D eigenvalue weighted by Crippen LogP contribution is 2.30. The Kier molecular flexibility index (Phi) is 4.69. The first-order valence-electron chi connectivity index (χ1n) is 9.64. The van der Waals surface area contributed by atoms with Gasteiger partial charge in [0, 0.05) is 12.6 Å². The first-order valence-corrected chi connectivity index (χ1v) is 9.64. The van der Waals surface area contributed by atoms with Crippen LogP contribution in [0.5, 0.6) is 11.5 Å². The molecule has 30 heavy (non-hydrogen) atoms. The lowest BCUT2D eigenvalue weighted by Crippen LogP contribution is -2.25. The fourth-order valence-corrected chi connectivity index (χ4v) is 3.32. The van der Waals surface area contributed by atoms with Crippen molar-refractivity contribution < 1.29 is 18.7 Å². The van der Waals surface area contributed by atoms with Crippen LogP contribution in [0.3, 0.4) is 0 Å². The van der Waals surface area contributed by atoms with Crippen LogP contribution in [0.2, 0.25) is 0 Å². The fraction of sp³-hybridized carbons (Fsp3) is 0.130. The number of aromatic nitrogens is 2. The minimum atomic E-state index is -0.237. The van der Waals surface area contributed by atoms with Gasteiger partial charge in [0.1, 0.15) is 24.6 Å². The maximum Gasteiger partial charge on any atom is 0.270 e. The number of furan rings is 1. The zero-order chi connectivity index (χ0) is 20.3. The molecule has 0 aliphatic carbocycles. The number of rotatable bonds is 5. The molecule has 0 atom stereocenters. The topological polar surface area (TPSA) is 78.5 Å². The number of carbonyl (C=O) groups excluding carboxylic acids is 1. The van der Waals surface area contributed by atoms with E-state index < -0.39 is 0 Å².